The second-order valence-electron chi connectivity index (χ2n) is 7.83. The van der Waals surface area contributed by atoms with Gasteiger partial charge in [0, 0.05) is 24.4 Å². The van der Waals surface area contributed by atoms with Crippen molar-refractivity contribution in [3.05, 3.63) is 29.3 Å². The van der Waals surface area contributed by atoms with Crippen molar-refractivity contribution in [1.29, 1.82) is 0 Å². The molecule has 0 aliphatic carbocycles. The van der Waals surface area contributed by atoms with Gasteiger partial charge in [0.25, 0.3) is 5.91 Å². The molecule has 0 spiro atoms. The van der Waals surface area contributed by atoms with Crippen LogP contribution in [0.3, 0.4) is 0 Å². The molecule has 1 fully saturated rings. The van der Waals surface area contributed by atoms with E-state index in [1.807, 2.05) is 11.8 Å². The van der Waals surface area contributed by atoms with Crippen molar-refractivity contribution in [3.63, 3.8) is 0 Å². The highest BCUT2D eigenvalue weighted by molar-refractivity contribution is 7.90. The van der Waals surface area contributed by atoms with Crippen LogP contribution in [-0.4, -0.2) is 63.1 Å². The summed E-state index contributed by atoms with van der Waals surface area (Å²) >= 11 is 0. The number of sulfone groups is 1. The van der Waals surface area contributed by atoms with Gasteiger partial charge in [-0.15, -0.1) is 0 Å². The molecule has 146 valence electrons. The fourth-order valence-corrected chi connectivity index (χ4v) is 4.19. The highest BCUT2D eigenvalue weighted by atomic mass is 32.2. The molecule has 0 aromatic heterocycles. The van der Waals surface area contributed by atoms with Crippen molar-refractivity contribution in [2.75, 3.05) is 32.9 Å². The molecule has 0 saturated carbocycles. The number of benzene rings is 1. The summed E-state index contributed by atoms with van der Waals surface area (Å²) < 4.78 is 23.9. The SMILES string of the molecule is CCc1ccc(S(C)(=O)=O)cc1C(=O)N(CC(C)C)C1CCN(C)CC1. The Morgan fingerprint density at radius 2 is 1.88 bits per heavy atom. The van der Waals surface area contributed by atoms with Gasteiger partial charge in [-0.2, -0.15) is 0 Å². The molecule has 0 bridgehead atoms. The summed E-state index contributed by atoms with van der Waals surface area (Å²) in [5.41, 5.74) is 1.44. The summed E-state index contributed by atoms with van der Waals surface area (Å²) in [6.45, 7) is 8.88. The van der Waals surface area contributed by atoms with Crippen LogP contribution < -0.4 is 0 Å². The van der Waals surface area contributed by atoms with Crippen molar-refractivity contribution >= 4 is 15.7 Å². The number of aryl methyl sites for hydroxylation is 1. The molecule has 1 aliphatic heterocycles. The van der Waals surface area contributed by atoms with Gasteiger partial charge >= 0.3 is 0 Å². The number of likely N-dealkylation sites (tertiary alicyclic amines) is 1. The number of amides is 1. The minimum atomic E-state index is -3.34. The number of nitrogens with zero attached hydrogens (tertiary/aromatic N) is 2. The van der Waals surface area contributed by atoms with Crippen LogP contribution >= 0.6 is 0 Å². The van der Waals surface area contributed by atoms with Crippen molar-refractivity contribution in [3.8, 4) is 0 Å². The number of rotatable bonds is 6. The Kier molecular flexibility index (Phi) is 6.86. The quantitative estimate of drug-likeness (QED) is 0.761. The van der Waals surface area contributed by atoms with Gasteiger partial charge in [-0.1, -0.05) is 26.8 Å². The van der Waals surface area contributed by atoms with Gasteiger partial charge in [0.1, 0.15) is 0 Å². The minimum Gasteiger partial charge on any atom is -0.335 e. The molecule has 5 nitrogen and oxygen atoms in total. The van der Waals surface area contributed by atoms with Gasteiger partial charge in [0.05, 0.1) is 4.90 Å². The molecule has 1 aromatic carbocycles. The van der Waals surface area contributed by atoms with Crippen molar-refractivity contribution < 1.29 is 13.2 Å². The molecule has 1 amide bonds. The molecule has 0 N–H and O–H groups in total. The fraction of sp³-hybridized carbons (Fsp3) is 0.650. The molecule has 0 atom stereocenters. The molecule has 1 heterocycles. The topological polar surface area (TPSA) is 57.7 Å². The van der Waals surface area contributed by atoms with Gasteiger partial charge < -0.3 is 9.80 Å². The summed E-state index contributed by atoms with van der Waals surface area (Å²) in [5.74, 6) is 0.331. The third-order valence-electron chi connectivity index (χ3n) is 5.07. The Balaban J connectivity index is 2.40. The van der Waals surface area contributed by atoms with E-state index in [2.05, 4.69) is 25.8 Å². The Labute approximate surface area is 158 Å². The van der Waals surface area contributed by atoms with Crippen molar-refractivity contribution in [2.24, 2.45) is 5.92 Å². The van der Waals surface area contributed by atoms with Crippen LogP contribution in [0.5, 0.6) is 0 Å². The van der Waals surface area contributed by atoms with Crippen molar-refractivity contribution in [1.82, 2.24) is 9.80 Å². The number of carbonyl (C=O) groups is 1. The maximum absolute atomic E-state index is 13.4. The van der Waals surface area contributed by atoms with Crippen LogP contribution in [-0.2, 0) is 16.3 Å². The third-order valence-corrected chi connectivity index (χ3v) is 6.18. The predicted molar refractivity (Wildman–Crippen MR) is 105 cm³/mol. The normalized spacial score (nSPS) is 16.8. The smallest absolute Gasteiger partial charge is 0.254 e. The zero-order valence-electron chi connectivity index (χ0n) is 16.7. The molecule has 0 unspecified atom stereocenters. The van der Waals surface area contributed by atoms with Crippen LogP contribution in [0.15, 0.2) is 23.1 Å². The molecule has 1 aromatic rings. The lowest BCUT2D eigenvalue weighted by Gasteiger charge is -2.38. The first-order chi connectivity index (χ1) is 12.1. The van der Waals surface area contributed by atoms with E-state index in [4.69, 9.17) is 0 Å². The van der Waals surface area contributed by atoms with Crippen LogP contribution in [0.1, 0.15) is 49.5 Å². The molecular weight excluding hydrogens is 348 g/mol. The zero-order valence-corrected chi connectivity index (χ0v) is 17.5. The lowest BCUT2D eigenvalue weighted by atomic mass is 9.98. The van der Waals surface area contributed by atoms with Crippen molar-refractivity contribution in [2.45, 2.75) is 51.0 Å². The summed E-state index contributed by atoms with van der Waals surface area (Å²) in [4.78, 5) is 17.9. The van der Waals surface area contributed by atoms with Gasteiger partial charge in [0.2, 0.25) is 0 Å². The average molecular weight is 381 g/mol. The molecule has 2 rings (SSSR count). The Morgan fingerprint density at radius 1 is 1.27 bits per heavy atom. The lowest BCUT2D eigenvalue weighted by Crippen LogP contribution is -2.48. The summed E-state index contributed by atoms with van der Waals surface area (Å²) in [6, 6.07) is 5.17. The standard InChI is InChI=1S/C20H32N2O3S/c1-6-16-7-8-18(26(5,24)25)13-19(16)20(23)22(14-15(2)3)17-9-11-21(4)12-10-17/h7-8,13,15,17H,6,9-12,14H2,1-5H3. The largest absolute Gasteiger partial charge is 0.335 e. The number of hydrogen-bond acceptors (Lipinski definition) is 4. The van der Waals surface area contributed by atoms with Crippen LogP contribution in [0.2, 0.25) is 0 Å². The van der Waals surface area contributed by atoms with E-state index >= 15 is 0 Å². The van der Waals surface area contributed by atoms with E-state index < -0.39 is 9.84 Å². The van der Waals surface area contributed by atoms with E-state index in [0.717, 1.165) is 31.5 Å². The van der Waals surface area contributed by atoms with Gasteiger partial charge in [-0.3, -0.25) is 4.79 Å². The first-order valence-electron chi connectivity index (χ1n) is 9.46. The molecular formula is C20H32N2O3S. The number of carbonyl (C=O) groups excluding carboxylic acids is 1. The van der Waals surface area contributed by atoms with E-state index in [-0.39, 0.29) is 16.8 Å². The van der Waals surface area contributed by atoms with E-state index in [1.165, 1.54) is 6.26 Å². The second-order valence-corrected chi connectivity index (χ2v) is 9.85. The fourth-order valence-electron chi connectivity index (χ4n) is 3.55. The molecule has 1 aliphatic rings. The van der Waals surface area contributed by atoms with E-state index in [0.29, 0.717) is 24.4 Å². The monoisotopic (exact) mass is 380 g/mol. The highest BCUT2D eigenvalue weighted by Crippen LogP contribution is 2.24. The van der Waals surface area contributed by atoms with Crippen LogP contribution in [0.25, 0.3) is 0 Å². The first kappa shape index (κ1) is 20.9. The zero-order chi connectivity index (χ0) is 19.5. The maximum Gasteiger partial charge on any atom is 0.254 e. The van der Waals surface area contributed by atoms with Gasteiger partial charge in [-0.05, 0) is 63.0 Å². The number of hydrogen-bond donors (Lipinski definition) is 0. The Bertz CT molecular complexity index is 735. The lowest BCUT2D eigenvalue weighted by molar-refractivity contribution is 0.0558. The molecule has 6 heteroatoms. The van der Waals surface area contributed by atoms with E-state index in [1.54, 1.807) is 18.2 Å². The second kappa shape index (κ2) is 8.53. The highest BCUT2D eigenvalue weighted by Gasteiger charge is 2.29. The molecule has 0 radical (unpaired) electrons. The molecule has 1 saturated heterocycles. The summed E-state index contributed by atoms with van der Waals surface area (Å²) in [6.07, 6.45) is 3.81. The van der Waals surface area contributed by atoms with Crippen LogP contribution in [0, 0.1) is 5.92 Å². The van der Waals surface area contributed by atoms with Gasteiger partial charge in [0.15, 0.2) is 9.84 Å². The van der Waals surface area contributed by atoms with Gasteiger partial charge in [-0.25, -0.2) is 8.42 Å². The first-order valence-corrected chi connectivity index (χ1v) is 11.3. The Morgan fingerprint density at radius 3 is 2.38 bits per heavy atom. The minimum absolute atomic E-state index is 0.0318. The number of piperidine rings is 1. The Hall–Kier alpha value is -1.40. The van der Waals surface area contributed by atoms with Crippen LogP contribution in [0.4, 0.5) is 0 Å². The predicted octanol–water partition coefficient (Wildman–Crippen LogP) is 2.84. The molecule has 26 heavy (non-hydrogen) atoms. The summed E-state index contributed by atoms with van der Waals surface area (Å²) in [7, 11) is -1.24. The third kappa shape index (κ3) is 5.07. The maximum atomic E-state index is 13.4. The summed E-state index contributed by atoms with van der Waals surface area (Å²) in [5, 5.41) is 0. The van der Waals surface area contributed by atoms with E-state index in [9.17, 15) is 13.2 Å². The average Bonchev–Trinajstić information content (AvgIpc) is 2.58.